The molecule has 3 amide bonds. The molecule has 2 N–H and O–H groups in total. The van der Waals surface area contributed by atoms with Crippen molar-refractivity contribution in [1.82, 2.24) is 15.5 Å². The van der Waals surface area contributed by atoms with Crippen molar-refractivity contribution in [2.75, 3.05) is 6.54 Å². The number of hydrogen-bond donors (Lipinski definition) is 2. The highest BCUT2D eigenvalue weighted by molar-refractivity contribution is 5.81. The van der Waals surface area contributed by atoms with E-state index in [0.717, 1.165) is 24.1 Å². The van der Waals surface area contributed by atoms with Crippen LogP contribution < -0.4 is 10.6 Å². The van der Waals surface area contributed by atoms with Gasteiger partial charge in [0.1, 0.15) is 0 Å². The molecule has 34 heavy (non-hydrogen) atoms. The predicted octanol–water partition coefficient (Wildman–Crippen LogP) is 5.46. The molecule has 0 spiro atoms. The van der Waals surface area contributed by atoms with Crippen molar-refractivity contribution in [3.63, 3.8) is 0 Å². The van der Waals surface area contributed by atoms with Gasteiger partial charge in [-0.15, -0.1) is 0 Å². The van der Waals surface area contributed by atoms with Crippen LogP contribution >= 0.6 is 0 Å². The first-order valence-electron chi connectivity index (χ1n) is 11.7. The maximum absolute atomic E-state index is 13.0. The fourth-order valence-corrected chi connectivity index (χ4v) is 4.25. The summed E-state index contributed by atoms with van der Waals surface area (Å²) in [7, 11) is 0. The van der Waals surface area contributed by atoms with Crippen molar-refractivity contribution in [3.05, 3.63) is 70.8 Å². The quantitative estimate of drug-likeness (QED) is 0.583. The SMILES string of the molecule is CCc1ccc(C2CCC(C(=O)NCc3cccc(C(F)(F)F)c3)CN2C(=O)NC(C)C)cc1. The van der Waals surface area contributed by atoms with Crippen molar-refractivity contribution in [2.45, 2.75) is 64.8 Å². The third kappa shape index (κ3) is 6.52. The van der Waals surface area contributed by atoms with Crippen LogP contribution in [0.25, 0.3) is 0 Å². The molecule has 1 aliphatic rings. The van der Waals surface area contributed by atoms with Crippen LogP contribution in [0.4, 0.5) is 18.0 Å². The number of piperidine rings is 1. The summed E-state index contributed by atoms with van der Waals surface area (Å²) >= 11 is 0. The Balaban J connectivity index is 1.70. The van der Waals surface area contributed by atoms with Crippen LogP contribution in [-0.4, -0.2) is 29.4 Å². The predicted molar refractivity (Wildman–Crippen MR) is 125 cm³/mol. The van der Waals surface area contributed by atoms with Crippen LogP contribution in [0.15, 0.2) is 48.5 Å². The van der Waals surface area contributed by atoms with E-state index in [4.69, 9.17) is 0 Å². The number of benzene rings is 2. The second-order valence-electron chi connectivity index (χ2n) is 9.06. The zero-order chi connectivity index (χ0) is 24.9. The normalized spacial score (nSPS) is 18.6. The van der Waals surface area contributed by atoms with Crippen LogP contribution in [0.2, 0.25) is 0 Å². The van der Waals surface area contributed by atoms with E-state index >= 15 is 0 Å². The lowest BCUT2D eigenvalue weighted by Crippen LogP contribution is -2.51. The monoisotopic (exact) mass is 475 g/mol. The highest BCUT2D eigenvalue weighted by Gasteiger charge is 2.36. The van der Waals surface area contributed by atoms with E-state index in [0.29, 0.717) is 18.4 Å². The summed E-state index contributed by atoms with van der Waals surface area (Å²) in [5, 5.41) is 5.67. The number of amides is 3. The summed E-state index contributed by atoms with van der Waals surface area (Å²) in [6.45, 7) is 6.09. The highest BCUT2D eigenvalue weighted by Crippen LogP contribution is 2.34. The molecule has 3 rings (SSSR count). The van der Waals surface area contributed by atoms with Gasteiger partial charge in [0.25, 0.3) is 0 Å². The molecule has 1 fully saturated rings. The van der Waals surface area contributed by atoms with Crippen LogP contribution in [-0.2, 0) is 23.9 Å². The van der Waals surface area contributed by atoms with E-state index in [1.807, 2.05) is 26.0 Å². The van der Waals surface area contributed by atoms with Gasteiger partial charge in [-0.25, -0.2) is 4.79 Å². The minimum Gasteiger partial charge on any atom is -0.352 e. The molecule has 1 aliphatic heterocycles. The average Bonchev–Trinajstić information content (AvgIpc) is 2.81. The molecular weight excluding hydrogens is 443 g/mol. The van der Waals surface area contributed by atoms with Crippen LogP contribution in [0.5, 0.6) is 0 Å². The van der Waals surface area contributed by atoms with Crippen molar-refractivity contribution < 1.29 is 22.8 Å². The summed E-state index contributed by atoms with van der Waals surface area (Å²) < 4.78 is 38.9. The Kier molecular flexibility index (Phi) is 8.23. The van der Waals surface area contributed by atoms with Crippen LogP contribution in [0.1, 0.15) is 61.9 Å². The summed E-state index contributed by atoms with van der Waals surface area (Å²) in [5.41, 5.74) is 1.87. The zero-order valence-electron chi connectivity index (χ0n) is 19.8. The molecule has 5 nitrogen and oxygen atoms in total. The van der Waals surface area contributed by atoms with Gasteiger partial charge in [0.2, 0.25) is 5.91 Å². The van der Waals surface area contributed by atoms with Crippen LogP contribution in [0, 0.1) is 5.92 Å². The van der Waals surface area contributed by atoms with Crippen molar-refractivity contribution in [3.8, 4) is 0 Å². The number of likely N-dealkylation sites (tertiary alicyclic amines) is 1. The summed E-state index contributed by atoms with van der Waals surface area (Å²) in [4.78, 5) is 27.6. The number of alkyl halides is 3. The zero-order valence-corrected chi connectivity index (χ0v) is 19.8. The van der Waals surface area contributed by atoms with Crippen molar-refractivity contribution in [1.29, 1.82) is 0 Å². The number of carbonyl (C=O) groups excluding carboxylic acids is 2. The Labute approximate surface area is 198 Å². The summed E-state index contributed by atoms with van der Waals surface area (Å²) in [6.07, 6.45) is -2.30. The minimum atomic E-state index is -4.43. The number of hydrogen-bond acceptors (Lipinski definition) is 2. The molecule has 1 saturated heterocycles. The summed E-state index contributed by atoms with van der Waals surface area (Å²) in [6, 6.07) is 12.7. The van der Waals surface area contributed by atoms with Gasteiger partial charge in [0.05, 0.1) is 17.5 Å². The molecule has 0 radical (unpaired) electrons. The smallest absolute Gasteiger partial charge is 0.352 e. The minimum absolute atomic E-state index is 0.000643. The first kappa shape index (κ1) is 25.6. The first-order chi connectivity index (χ1) is 16.1. The van der Waals surface area contributed by atoms with Gasteiger partial charge in [-0.1, -0.05) is 43.3 Å². The molecule has 0 aliphatic carbocycles. The van der Waals surface area contributed by atoms with Gasteiger partial charge < -0.3 is 15.5 Å². The number of urea groups is 1. The first-order valence-corrected chi connectivity index (χ1v) is 11.7. The molecule has 8 heteroatoms. The Bertz CT molecular complexity index is 990. The fraction of sp³-hybridized carbons (Fsp3) is 0.462. The van der Waals surface area contributed by atoms with Gasteiger partial charge >= 0.3 is 12.2 Å². The Morgan fingerprint density at radius 2 is 1.76 bits per heavy atom. The van der Waals surface area contributed by atoms with E-state index in [-0.39, 0.29) is 37.1 Å². The Hall–Kier alpha value is -3.03. The number of nitrogens with one attached hydrogen (secondary N) is 2. The molecular formula is C26H32F3N3O2. The number of halogens is 3. The van der Waals surface area contributed by atoms with Gasteiger partial charge in [-0.2, -0.15) is 13.2 Å². The van der Waals surface area contributed by atoms with E-state index in [1.54, 1.807) is 11.0 Å². The fourth-order valence-electron chi connectivity index (χ4n) is 4.25. The summed E-state index contributed by atoms with van der Waals surface area (Å²) in [5.74, 6) is -0.700. The van der Waals surface area contributed by atoms with Crippen LogP contribution in [0.3, 0.4) is 0 Å². The maximum Gasteiger partial charge on any atom is 0.416 e. The van der Waals surface area contributed by atoms with Gasteiger partial charge in [-0.05, 0) is 61.9 Å². The lowest BCUT2D eigenvalue weighted by atomic mass is 9.88. The molecule has 184 valence electrons. The van der Waals surface area contributed by atoms with Gasteiger partial charge in [0.15, 0.2) is 0 Å². The van der Waals surface area contributed by atoms with Gasteiger partial charge in [-0.3, -0.25) is 4.79 Å². The lowest BCUT2D eigenvalue weighted by molar-refractivity contribution is -0.137. The number of aryl methyl sites for hydroxylation is 1. The largest absolute Gasteiger partial charge is 0.416 e. The van der Waals surface area contributed by atoms with E-state index in [9.17, 15) is 22.8 Å². The average molecular weight is 476 g/mol. The standard InChI is InChI=1S/C26H32F3N3O2/c1-4-18-8-10-20(11-9-18)23-13-12-21(16-32(23)25(34)31-17(2)3)24(33)30-15-19-6-5-7-22(14-19)26(27,28)29/h5-11,14,17,21,23H,4,12-13,15-16H2,1-3H3,(H,30,33)(H,31,34). The molecule has 0 bridgehead atoms. The maximum atomic E-state index is 13.0. The lowest BCUT2D eigenvalue weighted by Gasteiger charge is -2.39. The second kappa shape index (κ2) is 10.9. The molecule has 2 unspecified atom stereocenters. The van der Waals surface area contributed by atoms with E-state index in [2.05, 4.69) is 29.7 Å². The molecule has 0 saturated carbocycles. The second-order valence-corrected chi connectivity index (χ2v) is 9.06. The number of carbonyl (C=O) groups is 2. The Morgan fingerprint density at radius 3 is 2.38 bits per heavy atom. The third-order valence-corrected chi connectivity index (χ3v) is 6.12. The highest BCUT2D eigenvalue weighted by atomic mass is 19.4. The van der Waals surface area contributed by atoms with Gasteiger partial charge in [0, 0.05) is 19.1 Å². The molecule has 2 aromatic rings. The molecule has 0 aromatic heterocycles. The van der Waals surface area contributed by atoms with Crippen molar-refractivity contribution in [2.24, 2.45) is 5.92 Å². The van der Waals surface area contributed by atoms with E-state index < -0.39 is 17.7 Å². The van der Waals surface area contributed by atoms with E-state index in [1.165, 1.54) is 11.6 Å². The third-order valence-electron chi connectivity index (χ3n) is 6.12. The number of nitrogens with zero attached hydrogens (tertiary/aromatic N) is 1. The number of rotatable bonds is 6. The molecule has 2 atom stereocenters. The topological polar surface area (TPSA) is 61.4 Å². The van der Waals surface area contributed by atoms with Crippen molar-refractivity contribution >= 4 is 11.9 Å². The molecule has 2 aromatic carbocycles. The molecule has 1 heterocycles. The Morgan fingerprint density at radius 1 is 1.06 bits per heavy atom.